The number of fused-ring (bicyclic) bond motifs is 1. The van der Waals surface area contributed by atoms with Gasteiger partial charge in [0.15, 0.2) is 0 Å². The quantitative estimate of drug-likeness (QED) is 0.743. The molecule has 1 aromatic carbocycles. The van der Waals surface area contributed by atoms with Crippen LogP contribution in [0.2, 0.25) is 0 Å². The summed E-state index contributed by atoms with van der Waals surface area (Å²) in [6.45, 7) is 8.93. The van der Waals surface area contributed by atoms with E-state index in [1.807, 2.05) is 33.8 Å². The maximum Gasteiger partial charge on any atom is 0.410 e. The summed E-state index contributed by atoms with van der Waals surface area (Å²) in [7, 11) is 0. The summed E-state index contributed by atoms with van der Waals surface area (Å²) >= 11 is 0. The largest absolute Gasteiger partial charge is 0.444 e. The molecule has 8 nitrogen and oxygen atoms in total. The maximum absolute atomic E-state index is 12.3. The van der Waals surface area contributed by atoms with E-state index in [0.717, 1.165) is 29.4 Å². The molecular weight excluding hydrogens is 396 g/mol. The zero-order valence-electron chi connectivity index (χ0n) is 18.6. The lowest BCUT2D eigenvalue weighted by Crippen LogP contribution is -2.42. The molecule has 2 aliphatic rings. The van der Waals surface area contributed by atoms with Gasteiger partial charge in [0.25, 0.3) is 5.91 Å². The first-order valence-electron chi connectivity index (χ1n) is 10.9. The van der Waals surface area contributed by atoms with E-state index in [-0.39, 0.29) is 17.9 Å². The van der Waals surface area contributed by atoms with Gasteiger partial charge in [-0.05, 0) is 70.6 Å². The number of carbonyl (C=O) groups is 3. The summed E-state index contributed by atoms with van der Waals surface area (Å²) in [5, 5.41) is 8.06. The normalized spacial score (nSPS) is 20.8. The summed E-state index contributed by atoms with van der Waals surface area (Å²) in [6, 6.07) is 5.82. The molecule has 0 radical (unpaired) electrons. The number of benzene rings is 1. The predicted molar refractivity (Wildman–Crippen MR) is 116 cm³/mol. The standard InChI is InChI=1S/C23H30N4O4/c1-14-17-13-16(15-9-11-26(12-10-15)22(30)31-23(2,3)4)5-6-18(17)27(25-14)19-7-8-20(28)24-21(19)29/h5-6,13,15,19H,7-12H2,1-4H3,(H,24,28,29). The van der Waals surface area contributed by atoms with E-state index in [9.17, 15) is 14.4 Å². The minimum Gasteiger partial charge on any atom is -0.444 e. The number of imide groups is 1. The molecule has 2 aromatic rings. The average Bonchev–Trinajstić information content (AvgIpc) is 3.03. The third-order valence-corrected chi connectivity index (χ3v) is 6.04. The minimum absolute atomic E-state index is 0.227. The molecule has 0 spiro atoms. The van der Waals surface area contributed by atoms with Crippen molar-refractivity contribution in [3.8, 4) is 0 Å². The number of hydrogen-bond donors (Lipinski definition) is 1. The van der Waals surface area contributed by atoms with E-state index < -0.39 is 11.6 Å². The van der Waals surface area contributed by atoms with Crippen molar-refractivity contribution in [2.24, 2.45) is 0 Å². The summed E-state index contributed by atoms with van der Waals surface area (Å²) in [4.78, 5) is 37.9. The number of piperidine rings is 2. The maximum atomic E-state index is 12.3. The SMILES string of the molecule is Cc1nn(C2CCC(=O)NC2=O)c2ccc(C3CCN(C(=O)OC(C)(C)C)CC3)cc12. The fourth-order valence-electron chi connectivity index (χ4n) is 4.44. The zero-order valence-corrected chi connectivity index (χ0v) is 18.6. The molecular formula is C23H30N4O4. The summed E-state index contributed by atoms with van der Waals surface area (Å²) in [5.74, 6) is -0.157. The average molecular weight is 427 g/mol. The fraction of sp³-hybridized carbons (Fsp3) is 0.565. The molecule has 8 heteroatoms. The first-order chi connectivity index (χ1) is 14.6. The molecule has 1 aromatic heterocycles. The highest BCUT2D eigenvalue weighted by Gasteiger charge is 2.31. The van der Waals surface area contributed by atoms with Crippen molar-refractivity contribution >= 4 is 28.8 Å². The Balaban J connectivity index is 1.49. The summed E-state index contributed by atoms with van der Waals surface area (Å²) < 4.78 is 7.24. The lowest BCUT2D eigenvalue weighted by atomic mass is 9.89. The van der Waals surface area contributed by atoms with Gasteiger partial charge in [-0.15, -0.1) is 0 Å². The van der Waals surface area contributed by atoms with E-state index >= 15 is 0 Å². The predicted octanol–water partition coefficient (Wildman–Crippen LogP) is 3.44. The van der Waals surface area contributed by atoms with Crippen molar-refractivity contribution in [3.05, 3.63) is 29.5 Å². The van der Waals surface area contributed by atoms with Crippen molar-refractivity contribution < 1.29 is 19.1 Å². The highest BCUT2D eigenvalue weighted by molar-refractivity contribution is 6.00. The molecule has 166 valence electrons. The summed E-state index contributed by atoms with van der Waals surface area (Å²) in [6.07, 6.45) is 2.30. The molecule has 0 aliphatic carbocycles. The molecule has 2 aliphatic heterocycles. The van der Waals surface area contributed by atoms with Gasteiger partial charge in [-0.3, -0.25) is 19.6 Å². The van der Waals surface area contributed by atoms with Crippen LogP contribution < -0.4 is 5.32 Å². The number of likely N-dealkylation sites (tertiary alicyclic amines) is 1. The number of aryl methyl sites for hydroxylation is 1. The van der Waals surface area contributed by atoms with Gasteiger partial charge in [-0.25, -0.2) is 4.79 Å². The van der Waals surface area contributed by atoms with Gasteiger partial charge in [0.05, 0.1) is 11.2 Å². The van der Waals surface area contributed by atoms with Crippen molar-refractivity contribution in [2.75, 3.05) is 13.1 Å². The van der Waals surface area contributed by atoms with Gasteiger partial charge in [0.2, 0.25) is 5.91 Å². The molecule has 2 fully saturated rings. The Hall–Kier alpha value is -2.90. The molecule has 0 saturated carbocycles. The van der Waals surface area contributed by atoms with Gasteiger partial charge in [-0.1, -0.05) is 6.07 Å². The Morgan fingerprint density at radius 1 is 1.16 bits per heavy atom. The van der Waals surface area contributed by atoms with Crippen LogP contribution in [-0.2, 0) is 14.3 Å². The smallest absolute Gasteiger partial charge is 0.410 e. The van der Waals surface area contributed by atoms with Crippen LogP contribution in [0.4, 0.5) is 4.79 Å². The second kappa shape index (κ2) is 7.98. The number of nitrogens with one attached hydrogen (secondary N) is 1. The Morgan fingerprint density at radius 2 is 1.87 bits per heavy atom. The highest BCUT2D eigenvalue weighted by atomic mass is 16.6. The topological polar surface area (TPSA) is 93.5 Å². The number of aromatic nitrogens is 2. The molecule has 0 bridgehead atoms. The van der Waals surface area contributed by atoms with Gasteiger partial charge in [-0.2, -0.15) is 5.10 Å². The Labute approximate surface area is 181 Å². The molecule has 1 N–H and O–H groups in total. The Bertz CT molecular complexity index is 1030. The lowest BCUT2D eigenvalue weighted by molar-refractivity contribution is -0.135. The van der Waals surface area contributed by atoms with Crippen LogP contribution in [0.3, 0.4) is 0 Å². The number of nitrogens with zero attached hydrogens (tertiary/aromatic N) is 3. The van der Waals surface area contributed by atoms with Gasteiger partial charge < -0.3 is 9.64 Å². The van der Waals surface area contributed by atoms with Crippen LogP contribution in [0, 0.1) is 6.92 Å². The van der Waals surface area contributed by atoms with Gasteiger partial charge in [0, 0.05) is 24.9 Å². The van der Waals surface area contributed by atoms with Crippen LogP contribution in [-0.4, -0.2) is 51.3 Å². The monoisotopic (exact) mass is 426 g/mol. The van der Waals surface area contributed by atoms with E-state index in [0.29, 0.717) is 31.8 Å². The van der Waals surface area contributed by atoms with E-state index in [1.165, 1.54) is 5.56 Å². The third kappa shape index (κ3) is 4.43. The van der Waals surface area contributed by atoms with Crippen LogP contribution in [0.1, 0.15) is 69.7 Å². The fourth-order valence-corrected chi connectivity index (χ4v) is 4.44. The Morgan fingerprint density at radius 3 is 2.52 bits per heavy atom. The van der Waals surface area contributed by atoms with Gasteiger partial charge in [0.1, 0.15) is 11.6 Å². The van der Waals surface area contributed by atoms with Crippen molar-refractivity contribution in [3.63, 3.8) is 0 Å². The number of carbonyl (C=O) groups excluding carboxylic acids is 3. The molecule has 3 heterocycles. The minimum atomic E-state index is -0.487. The van der Waals surface area contributed by atoms with Crippen molar-refractivity contribution in [1.82, 2.24) is 20.0 Å². The van der Waals surface area contributed by atoms with Crippen LogP contribution in [0.15, 0.2) is 18.2 Å². The van der Waals surface area contributed by atoms with E-state index in [1.54, 1.807) is 9.58 Å². The van der Waals surface area contributed by atoms with Crippen molar-refractivity contribution in [1.29, 1.82) is 0 Å². The van der Waals surface area contributed by atoms with E-state index in [2.05, 4.69) is 22.5 Å². The number of hydrogen-bond acceptors (Lipinski definition) is 5. The van der Waals surface area contributed by atoms with Crippen molar-refractivity contribution in [2.45, 2.75) is 70.9 Å². The third-order valence-electron chi connectivity index (χ3n) is 6.04. The molecule has 31 heavy (non-hydrogen) atoms. The van der Waals surface area contributed by atoms with E-state index in [4.69, 9.17) is 4.74 Å². The second-order valence-corrected chi connectivity index (χ2v) is 9.52. The second-order valence-electron chi connectivity index (χ2n) is 9.52. The van der Waals surface area contributed by atoms with Gasteiger partial charge >= 0.3 is 6.09 Å². The molecule has 1 atom stereocenters. The molecule has 4 rings (SSSR count). The first-order valence-corrected chi connectivity index (χ1v) is 10.9. The number of rotatable bonds is 2. The lowest BCUT2D eigenvalue weighted by Gasteiger charge is -2.33. The first kappa shape index (κ1) is 21.3. The summed E-state index contributed by atoms with van der Waals surface area (Å²) in [5.41, 5.74) is 2.51. The number of amides is 3. The molecule has 2 saturated heterocycles. The number of ether oxygens (including phenoxy) is 1. The molecule has 3 amide bonds. The van der Waals surface area contributed by atoms with Crippen LogP contribution in [0.25, 0.3) is 10.9 Å². The van der Waals surface area contributed by atoms with Crippen LogP contribution in [0.5, 0.6) is 0 Å². The highest BCUT2D eigenvalue weighted by Crippen LogP contribution is 2.33. The Kier molecular flexibility index (Phi) is 5.49. The molecule has 1 unspecified atom stereocenters. The zero-order chi connectivity index (χ0) is 22.3. The van der Waals surface area contributed by atoms with Crippen LogP contribution >= 0.6 is 0 Å².